The molecule has 3 rings (SSSR count). The maximum atomic E-state index is 11.2. The van der Waals surface area contributed by atoms with E-state index in [0.717, 1.165) is 22.2 Å². The number of nitrogens with zero attached hydrogens (tertiary/aromatic N) is 1. The van der Waals surface area contributed by atoms with Gasteiger partial charge in [-0.15, -0.1) is 0 Å². The van der Waals surface area contributed by atoms with Crippen LogP contribution in [0, 0.1) is 0 Å². The molecule has 0 saturated carbocycles. The average Bonchev–Trinajstić information content (AvgIpc) is 2.81. The largest absolute Gasteiger partial charge is 0.366 e. The highest BCUT2D eigenvalue weighted by Gasteiger charge is 2.06. The van der Waals surface area contributed by atoms with E-state index in [4.69, 9.17) is 17.3 Å². The number of halogens is 1. The number of carbonyl (C=O) groups is 1. The van der Waals surface area contributed by atoms with Crippen LogP contribution in [0.15, 0.2) is 42.7 Å². The summed E-state index contributed by atoms with van der Waals surface area (Å²) >= 11 is 6.11. The number of hydrogen-bond donors (Lipinski definition) is 2. The lowest BCUT2D eigenvalue weighted by Gasteiger charge is -2.03. The fourth-order valence-electron chi connectivity index (χ4n) is 2.18. The summed E-state index contributed by atoms with van der Waals surface area (Å²) in [6.07, 6.45) is 3.98. The maximum absolute atomic E-state index is 11.2. The van der Waals surface area contributed by atoms with Gasteiger partial charge >= 0.3 is 0 Å². The SMILES string of the molecule is NC(=O)c1ccnc(Cc2ccc3[nH]cc(Cl)c3c2)c1. The average molecular weight is 286 g/mol. The zero-order chi connectivity index (χ0) is 14.1. The van der Waals surface area contributed by atoms with Gasteiger partial charge in [0.25, 0.3) is 0 Å². The van der Waals surface area contributed by atoms with Crippen LogP contribution in [0.5, 0.6) is 0 Å². The Labute approximate surface area is 120 Å². The van der Waals surface area contributed by atoms with Crippen molar-refractivity contribution in [2.75, 3.05) is 0 Å². The molecule has 5 heteroatoms. The summed E-state index contributed by atoms with van der Waals surface area (Å²) in [4.78, 5) is 18.5. The van der Waals surface area contributed by atoms with Crippen LogP contribution < -0.4 is 5.73 Å². The topological polar surface area (TPSA) is 71.8 Å². The van der Waals surface area contributed by atoms with Crippen LogP contribution in [-0.2, 0) is 6.42 Å². The van der Waals surface area contributed by atoms with Crippen LogP contribution in [0.4, 0.5) is 0 Å². The Morgan fingerprint density at radius 1 is 1.30 bits per heavy atom. The minimum Gasteiger partial charge on any atom is -0.366 e. The van der Waals surface area contributed by atoms with E-state index in [1.807, 2.05) is 18.2 Å². The molecular weight excluding hydrogens is 274 g/mol. The summed E-state index contributed by atoms with van der Waals surface area (Å²) in [5.74, 6) is -0.446. The first-order valence-corrected chi connectivity index (χ1v) is 6.51. The van der Waals surface area contributed by atoms with Gasteiger partial charge in [0.15, 0.2) is 0 Å². The summed E-state index contributed by atoms with van der Waals surface area (Å²) < 4.78 is 0. The summed E-state index contributed by atoms with van der Waals surface area (Å²) in [5.41, 5.74) is 8.61. The van der Waals surface area contributed by atoms with Gasteiger partial charge in [-0.3, -0.25) is 9.78 Å². The summed E-state index contributed by atoms with van der Waals surface area (Å²) in [6, 6.07) is 9.33. The van der Waals surface area contributed by atoms with Gasteiger partial charge in [0, 0.05) is 41.0 Å². The van der Waals surface area contributed by atoms with E-state index in [1.165, 1.54) is 0 Å². The molecule has 20 heavy (non-hydrogen) atoms. The number of aromatic nitrogens is 2. The van der Waals surface area contributed by atoms with Gasteiger partial charge in [0.05, 0.1) is 5.02 Å². The number of amides is 1. The van der Waals surface area contributed by atoms with Gasteiger partial charge in [-0.1, -0.05) is 17.7 Å². The van der Waals surface area contributed by atoms with E-state index in [-0.39, 0.29) is 0 Å². The summed E-state index contributed by atoms with van der Waals surface area (Å²) in [5, 5.41) is 1.68. The van der Waals surface area contributed by atoms with Crippen molar-refractivity contribution in [2.45, 2.75) is 6.42 Å². The lowest BCUT2D eigenvalue weighted by atomic mass is 10.1. The monoisotopic (exact) mass is 285 g/mol. The van der Waals surface area contributed by atoms with Gasteiger partial charge in [-0.05, 0) is 29.8 Å². The molecule has 0 aliphatic rings. The molecule has 0 aliphatic carbocycles. The first kappa shape index (κ1) is 12.7. The predicted octanol–water partition coefficient (Wildman–Crippen LogP) is 2.91. The number of fused-ring (bicyclic) bond motifs is 1. The molecule has 4 nitrogen and oxygen atoms in total. The van der Waals surface area contributed by atoms with Crippen LogP contribution in [-0.4, -0.2) is 15.9 Å². The molecule has 100 valence electrons. The van der Waals surface area contributed by atoms with E-state index < -0.39 is 5.91 Å². The third-order valence-corrected chi connectivity index (χ3v) is 3.49. The molecule has 0 fully saturated rings. The highest BCUT2D eigenvalue weighted by molar-refractivity contribution is 6.35. The molecule has 0 aliphatic heterocycles. The molecule has 1 amide bonds. The fourth-order valence-corrected chi connectivity index (χ4v) is 2.39. The van der Waals surface area contributed by atoms with E-state index in [2.05, 4.69) is 9.97 Å². The van der Waals surface area contributed by atoms with Gasteiger partial charge in [0.2, 0.25) is 5.91 Å². The third-order valence-electron chi connectivity index (χ3n) is 3.18. The Kier molecular flexibility index (Phi) is 3.16. The highest BCUT2D eigenvalue weighted by Crippen LogP contribution is 2.24. The second kappa shape index (κ2) is 4.98. The lowest BCUT2D eigenvalue weighted by Crippen LogP contribution is -2.11. The smallest absolute Gasteiger partial charge is 0.248 e. The van der Waals surface area contributed by atoms with Crippen molar-refractivity contribution in [2.24, 2.45) is 5.73 Å². The second-order valence-corrected chi connectivity index (χ2v) is 5.00. The second-order valence-electron chi connectivity index (χ2n) is 4.59. The number of carbonyl (C=O) groups excluding carboxylic acids is 1. The molecular formula is C15H12ClN3O. The lowest BCUT2D eigenvalue weighted by molar-refractivity contribution is 0.1000. The molecule has 1 aromatic carbocycles. The first-order valence-electron chi connectivity index (χ1n) is 6.14. The third kappa shape index (κ3) is 2.38. The van der Waals surface area contributed by atoms with Crippen molar-refractivity contribution < 1.29 is 4.79 Å². The number of pyridine rings is 1. The Morgan fingerprint density at radius 3 is 2.95 bits per heavy atom. The molecule has 2 heterocycles. The minimum absolute atomic E-state index is 0.446. The number of H-pyrrole nitrogens is 1. The van der Waals surface area contributed by atoms with Gasteiger partial charge < -0.3 is 10.7 Å². The summed E-state index contributed by atoms with van der Waals surface area (Å²) in [7, 11) is 0. The first-order chi connectivity index (χ1) is 9.63. The van der Waals surface area contributed by atoms with Crippen molar-refractivity contribution in [3.63, 3.8) is 0 Å². The Balaban J connectivity index is 1.94. The van der Waals surface area contributed by atoms with Crippen LogP contribution in [0.25, 0.3) is 10.9 Å². The minimum atomic E-state index is -0.446. The molecule has 0 spiro atoms. The molecule has 2 aromatic heterocycles. The van der Waals surface area contributed by atoms with E-state index in [9.17, 15) is 4.79 Å². The van der Waals surface area contributed by atoms with Gasteiger partial charge in [0.1, 0.15) is 0 Å². The van der Waals surface area contributed by atoms with Gasteiger partial charge in [-0.25, -0.2) is 0 Å². The molecule has 0 radical (unpaired) electrons. The van der Waals surface area contributed by atoms with Crippen molar-refractivity contribution in [3.8, 4) is 0 Å². The molecule has 0 bridgehead atoms. The Morgan fingerprint density at radius 2 is 2.15 bits per heavy atom. The predicted molar refractivity (Wildman–Crippen MR) is 78.9 cm³/mol. The normalized spacial score (nSPS) is 10.8. The van der Waals surface area contributed by atoms with Crippen molar-refractivity contribution in [1.29, 1.82) is 0 Å². The number of rotatable bonds is 3. The number of hydrogen-bond acceptors (Lipinski definition) is 2. The zero-order valence-corrected chi connectivity index (χ0v) is 11.3. The summed E-state index contributed by atoms with van der Waals surface area (Å²) in [6.45, 7) is 0. The van der Waals surface area contributed by atoms with Crippen LogP contribution >= 0.6 is 11.6 Å². The highest BCUT2D eigenvalue weighted by atomic mass is 35.5. The van der Waals surface area contributed by atoms with E-state index in [1.54, 1.807) is 24.5 Å². The Bertz CT molecular complexity index is 795. The molecule has 3 N–H and O–H groups in total. The van der Waals surface area contributed by atoms with Crippen molar-refractivity contribution in [1.82, 2.24) is 9.97 Å². The maximum Gasteiger partial charge on any atom is 0.248 e. The van der Waals surface area contributed by atoms with Gasteiger partial charge in [-0.2, -0.15) is 0 Å². The van der Waals surface area contributed by atoms with Crippen molar-refractivity contribution in [3.05, 3.63) is 64.6 Å². The molecule has 0 saturated heterocycles. The number of nitrogens with one attached hydrogen (secondary N) is 1. The fraction of sp³-hybridized carbons (Fsp3) is 0.0667. The molecule has 3 aromatic rings. The van der Waals surface area contributed by atoms with E-state index >= 15 is 0 Å². The van der Waals surface area contributed by atoms with Crippen LogP contribution in [0.2, 0.25) is 5.02 Å². The van der Waals surface area contributed by atoms with Crippen molar-refractivity contribution >= 4 is 28.4 Å². The number of aromatic amines is 1. The van der Waals surface area contributed by atoms with Crippen LogP contribution in [0.1, 0.15) is 21.6 Å². The number of benzene rings is 1. The molecule has 0 unspecified atom stereocenters. The number of primary amides is 1. The number of nitrogens with two attached hydrogens (primary N) is 1. The standard InChI is InChI=1S/C15H12ClN3O/c16-13-8-19-14-2-1-9(6-12(13)14)5-11-7-10(15(17)20)3-4-18-11/h1-4,6-8,19H,5H2,(H2,17,20). The zero-order valence-electron chi connectivity index (χ0n) is 10.6. The molecule has 0 atom stereocenters. The van der Waals surface area contributed by atoms with Crippen LogP contribution in [0.3, 0.4) is 0 Å². The quantitative estimate of drug-likeness (QED) is 0.776. The van der Waals surface area contributed by atoms with E-state index in [0.29, 0.717) is 17.0 Å². The Hall–Kier alpha value is -2.33.